The van der Waals surface area contributed by atoms with E-state index >= 15 is 0 Å². The number of benzene rings is 1. The second-order valence-electron chi connectivity index (χ2n) is 10.1. The fourth-order valence-corrected chi connectivity index (χ4v) is 6.32. The highest BCUT2D eigenvalue weighted by Gasteiger charge is 2.40. The van der Waals surface area contributed by atoms with Crippen LogP contribution < -0.4 is 10.2 Å². The molecule has 0 N–H and O–H groups in total. The van der Waals surface area contributed by atoms with Gasteiger partial charge in [-0.05, 0) is 48.7 Å². The second kappa shape index (κ2) is 9.80. The van der Waals surface area contributed by atoms with E-state index in [2.05, 4.69) is 44.9 Å². The van der Waals surface area contributed by atoms with Gasteiger partial charge >= 0.3 is 6.18 Å². The first kappa shape index (κ1) is 25.0. The number of hydrogen-bond donors (Lipinski definition) is 0. The molecule has 0 radical (unpaired) electrons. The molecule has 3 aromatic rings. The van der Waals surface area contributed by atoms with Crippen molar-refractivity contribution in [2.24, 2.45) is 0 Å². The Labute approximate surface area is 220 Å². The van der Waals surface area contributed by atoms with Crippen LogP contribution in [0.4, 0.5) is 19.0 Å². The first-order chi connectivity index (χ1) is 17.7. The van der Waals surface area contributed by atoms with Gasteiger partial charge in [0.15, 0.2) is 5.82 Å². The Balaban J connectivity index is 1.24. The van der Waals surface area contributed by atoms with Gasteiger partial charge < -0.3 is 4.90 Å². The van der Waals surface area contributed by atoms with Gasteiger partial charge in [-0.1, -0.05) is 11.6 Å². The van der Waals surface area contributed by atoms with Crippen molar-refractivity contribution in [3.8, 4) is 5.69 Å². The number of likely N-dealkylation sites (tertiary alicyclic amines) is 1. The van der Waals surface area contributed by atoms with Gasteiger partial charge in [-0.25, -0.2) is 4.98 Å². The van der Waals surface area contributed by atoms with Crippen molar-refractivity contribution in [1.82, 2.24) is 29.5 Å². The predicted molar refractivity (Wildman–Crippen MR) is 140 cm³/mol. The molecule has 3 aliphatic heterocycles. The molecule has 0 saturated carbocycles. The maximum absolute atomic E-state index is 12.8. The Kier molecular flexibility index (Phi) is 6.63. The molecule has 6 rings (SSSR count). The lowest BCUT2D eigenvalue weighted by Crippen LogP contribution is -2.60. The zero-order chi connectivity index (χ0) is 25.7. The minimum Gasteiger partial charge on any atom is -0.356 e. The maximum atomic E-state index is 12.8. The quantitative estimate of drug-likeness (QED) is 0.462. The van der Waals surface area contributed by atoms with Gasteiger partial charge in [-0.3, -0.25) is 14.4 Å². The number of halogens is 4. The Morgan fingerprint density at radius 2 is 1.84 bits per heavy atom. The number of anilines is 1. The molecule has 2 aromatic heterocycles. The summed E-state index contributed by atoms with van der Waals surface area (Å²) in [4.78, 5) is 10.5. The molecule has 37 heavy (non-hydrogen) atoms. The summed E-state index contributed by atoms with van der Waals surface area (Å²) in [6.07, 6.45) is -0.491. The molecular weight excluding hydrogens is 522 g/mol. The zero-order valence-electron chi connectivity index (χ0n) is 20.2. The van der Waals surface area contributed by atoms with E-state index in [-0.39, 0.29) is 12.0 Å². The number of nitrogens with zero attached hydrogens (tertiary/aromatic N) is 7. The molecule has 1 aromatic carbocycles. The summed E-state index contributed by atoms with van der Waals surface area (Å²) in [6.45, 7) is 2.81. The molecule has 1 atom stereocenters. The van der Waals surface area contributed by atoms with Crippen LogP contribution in [-0.2, 0) is 13.1 Å². The van der Waals surface area contributed by atoms with E-state index in [1.807, 2.05) is 30.5 Å². The molecule has 2 saturated heterocycles. The van der Waals surface area contributed by atoms with Gasteiger partial charge in [0.1, 0.15) is 11.6 Å². The highest BCUT2D eigenvalue weighted by molar-refractivity contribution is 7.28. The molecule has 0 spiro atoms. The van der Waals surface area contributed by atoms with Crippen LogP contribution >= 0.6 is 20.8 Å². The standard InChI is InChI=1S/C25H28ClF3N7P/c26-18-3-4-20-17(10-18)11-35(19-12-33(13-19)15-25(27,28)29)14-22-31-32-23(36(20)22)16-5-8-34(9-6-16)24-21(37)2-1-7-30-24/h1-4,7,10,16,19H,5-6,8-9,11-15,37H2. The van der Waals surface area contributed by atoms with Gasteiger partial charge in [-0.15, -0.1) is 19.4 Å². The Hall–Kier alpha value is -2.26. The monoisotopic (exact) mass is 549 g/mol. The molecule has 12 heteroatoms. The van der Waals surface area contributed by atoms with E-state index in [1.165, 1.54) is 4.90 Å². The molecule has 0 bridgehead atoms. The SMILES string of the molecule is FC(F)(F)CN1CC(N2Cc3cc(Cl)ccc3-n3c(nnc3C3CCN(c4ncccc4P)CC3)C2)C1. The number of rotatable bonds is 4. The maximum Gasteiger partial charge on any atom is 0.401 e. The van der Waals surface area contributed by atoms with Crippen LogP contribution in [-0.4, -0.2) is 74.5 Å². The molecule has 196 valence electrons. The molecule has 3 aliphatic rings. The molecule has 0 aliphatic carbocycles. The largest absolute Gasteiger partial charge is 0.401 e. The number of piperidine rings is 1. The molecule has 1 unspecified atom stereocenters. The summed E-state index contributed by atoms with van der Waals surface area (Å²) in [7, 11) is 2.76. The summed E-state index contributed by atoms with van der Waals surface area (Å²) in [5.41, 5.74) is 2.05. The fraction of sp³-hybridized carbons (Fsp3) is 0.480. The summed E-state index contributed by atoms with van der Waals surface area (Å²) in [6, 6.07) is 9.87. The molecule has 2 fully saturated rings. The van der Waals surface area contributed by atoms with Crippen molar-refractivity contribution in [3.05, 3.63) is 58.8 Å². The van der Waals surface area contributed by atoms with E-state index in [1.54, 1.807) is 0 Å². The number of pyridine rings is 1. The van der Waals surface area contributed by atoms with Gasteiger partial charge in [-0.2, -0.15) is 13.2 Å². The minimum atomic E-state index is -4.18. The van der Waals surface area contributed by atoms with Gasteiger partial charge in [0, 0.05) is 61.2 Å². The Morgan fingerprint density at radius 3 is 2.57 bits per heavy atom. The normalized spacial score (nSPS) is 19.9. The van der Waals surface area contributed by atoms with E-state index in [4.69, 9.17) is 11.6 Å². The smallest absolute Gasteiger partial charge is 0.356 e. The highest BCUT2D eigenvalue weighted by Crippen LogP contribution is 2.35. The number of fused-ring (bicyclic) bond motifs is 3. The molecule has 7 nitrogen and oxygen atoms in total. The van der Waals surface area contributed by atoms with Crippen LogP contribution in [0.25, 0.3) is 5.69 Å². The van der Waals surface area contributed by atoms with Gasteiger partial charge in [0.25, 0.3) is 0 Å². The Morgan fingerprint density at radius 1 is 1.05 bits per heavy atom. The molecule has 5 heterocycles. The lowest BCUT2D eigenvalue weighted by atomic mass is 9.95. The van der Waals surface area contributed by atoms with E-state index < -0.39 is 12.7 Å². The summed E-state index contributed by atoms with van der Waals surface area (Å²) in [5, 5.41) is 11.0. The van der Waals surface area contributed by atoms with Crippen molar-refractivity contribution >= 4 is 32.0 Å². The van der Waals surface area contributed by atoms with E-state index in [9.17, 15) is 13.2 Å². The number of hydrogen-bond acceptors (Lipinski definition) is 6. The third-order valence-electron chi connectivity index (χ3n) is 7.59. The van der Waals surface area contributed by atoms with Crippen LogP contribution in [0, 0.1) is 0 Å². The average Bonchev–Trinajstić information content (AvgIpc) is 3.17. The fourth-order valence-electron chi connectivity index (χ4n) is 5.75. The van der Waals surface area contributed by atoms with Crippen molar-refractivity contribution in [2.75, 3.05) is 37.6 Å². The topological polar surface area (TPSA) is 53.3 Å². The van der Waals surface area contributed by atoms with Crippen molar-refractivity contribution in [2.45, 2.75) is 44.1 Å². The lowest BCUT2D eigenvalue weighted by molar-refractivity contribution is -0.161. The summed E-state index contributed by atoms with van der Waals surface area (Å²) >= 11 is 6.37. The van der Waals surface area contributed by atoms with Crippen LogP contribution in [0.5, 0.6) is 0 Å². The van der Waals surface area contributed by atoms with E-state index in [0.717, 1.165) is 60.0 Å². The first-order valence-corrected chi connectivity index (χ1v) is 13.4. The van der Waals surface area contributed by atoms with Gasteiger partial charge in [0.2, 0.25) is 0 Å². The molecule has 0 amide bonds. The van der Waals surface area contributed by atoms with Crippen LogP contribution in [0.1, 0.15) is 36.0 Å². The van der Waals surface area contributed by atoms with Crippen LogP contribution in [0.15, 0.2) is 36.5 Å². The second-order valence-corrected chi connectivity index (χ2v) is 11.2. The minimum absolute atomic E-state index is 0.0311. The van der Waals surface area contributed by atoms with Crippen LogP contribution in [0.3, 0.4) is 0 Å². The first-order valence-electron chi connectivity index (χ1n) is 12.5. The summed E-state index contributed by atoms with van der Waals surface area (Å²) in [5.74, 6) is 3.01. The Bertz CT molecular complexity index is 1290. The third kappa shape index (κ3) is 5.09. The van der Waals surface area contributed by atoms with Crippen molar-refractivity contribution in [1.29, 1.82) is 0 Å². The zero-order valence-corrected chi connectivity index (χ0v) is 22.1. The van der Waals surface area contributed by atoms with E-state index in [0.29, 0.717) is 31.2 Å². The lowest BCUT2D eigenvalue weighted by Gasteiger charge is -2.45. The summed E-state index contributed by atoms with van der Waals surface area (Å²) < 4.78 is 40.6. The molecular formula is C25H28ClF3N7P. The van der Waals surface area contributed by atoms with Crippen molar-refractivity contribution < 1.29 is 13.2 Å². The number of alkyl halides is 3. The number of aromatic nitrogens is 4. The third-order valence-corrected chi connectivity index (χ3v) is 8.27. The van der Waals surface area contributed by atoms with Gasteiger partial charge in [0.05, 0.1) is 18.8 Å². The van der Waals surface area contributed by atoms with Crippen LogP contribution in [0.2, 0.25) is 5.02 Å². The highest BCUT2D eigenvalue weighted by atomic mass is 35.5. The predicted octanol–water partition coefficient (Wildman–Crippen LogP) is 3.76. The van der Waals surface area contributed by atoms with Crippen molar-refractivity contribution in [3.63, 3.8) is 0 Å². The average molecular weight is 550 g/mol.